The first-order valence-corrected chi connectivity index (χ1v) is 10.2. The summed E-state index contributed by atoms with van der Waals surface area (Å²) in [5, 5.41) is 6.50. The number of guanidine groups is 1. The van der Waals surface area contributed by atoms with Crippen LogP contribution in [0.4, 0.5) is 10.1 Å². The molecule has 9 heteroatoms. The van der Waals surface area contributed by atoms with E-state index in [9.17, 15) is 4.39 Å². The summed E-state index contributed by atoms with van der Waals surface area (Å²) in [7, 11) is 3.38. The molecule has 2 N–H and O–H groups in total. The molecule has 0 amide bonds. The number of pyridine rings is 1. The third-order valence-corrected chi connectivity index (χ3v) is 4.38. The Morgan fingerprint density at radius 3 is 2.55 bits per heavy atom. The van der Waals surface area contributed by atoms with Gasteiger partial charge in [0.15, 0.2) is 5.96 Å². The van der Waals surface area contributed by atoms with Gasteiger partial charge in [0.05, 0.1) is 6.61 Å². The minimum absolute atomic E-state index is 0. The monoisotopic (exact) mass is 566 g/mol. The van der Waals surface area contributed by atoms with Gasteiger partial charge in [-0.3, -0.25) is 4.99 Å². The Kier molecular flexibility index (Phi) is 11.4. The Hall–Kier alpha value is -2.92. The number of aromatic nitrogens is 1. The first-order valence-electron chi connectivity index (χ1n) is 10.2. The fourth-order valence-corrected chi connectivity index (χ4v) is 2.76. The summed E-state index contributed by atoms with van der Waals surface area (Å²) in [6, 6.07) is 17.2. The molecule has 0 aliphatic rings. The van der Waals surface area contributed by atoms with Crippen molar-refractivity contribution in [3.8, 4) is 17.4 Å². The molecular formula is C24H28FIN4O3. The highest BCUT2D eigenvalue weighted by Crippen LogP contribution is 2.20. The molecule has 3 aromatic rings. The summed E-state index contributed by atoms with van der Waals surface area (Å²) in [6.45, 7) is 1.79. The number of hydrogen-bond donors (Lipinski definition) is 2. The lowest BCUT2D eigenvalue weighted by atomic mass is 10.3. The van der Waals surface area contributed by atoms with Gasteiger partial charge in [-0.15, -0.1) is 24.0 Å². The van der Waals surface area contributed by atoms with E-state index in [1.807, 2.05) is 30.3 Å². The summed E-state index contributed by atoms with van der Waals surface area (Å²) in [6.07, 6.45) is 2.55. The number of nitrogens with zero attached hydrogens (tertiary/aromatic N) is 2. The van der Waals surface area contributed by atoms with Crippen molar-refractivity contribution in [2.45, 2.75) is 13.0 Å². The van der Waals surface area contributed by atoms with Gasteiger partial charge >= 0.3 is 0 Å². The van der Waals surface area contributed by atoms with E-state index in [1.165, 1.54) is 12.1 Å². The third kappa shape index (κ3) is 9.22. The maximum absolute atomic E-state index is 13.0. The molecule has 0 bridgehead atoms. The Bertz CT molecular complexity index is 1000. The van der Waals surface area contributed by atoms with Crippen LogP contribution >= 0.6 is 24.0 Å². The molecular weight excluding hydrogens is 538 g/mol. The highest BCUT2D eigenvalue weighted by atomic mass is 127. The van der Waals surface area contributed by atoms with Crippen molar-refractivity contribution in [1.29, 1.82) is 0 Å². The van der Waals surface area contributed by atoms with Gasteiger partial charge in [-0.25, -0.2) is 9.37 Å². The molecule has 0 aliphatic carbocycles. The zero-order valence-electron chi connectivity index (χ0n) is 18.6. The summed E-state index contributed by atoms with van der Waals surface area (Å²) in [4.78, 5) is 8.55. The van der Waals surface area contributed by atoms with Crippen LogP contribution in [0.5, 0.6) is 17.4 Å². The number of nitrogens with one attached hydrogen (secondary N) is 2. The van der Waals surface area contributed by atoms with E-state index < -0.39 is 0 Å². The van der Waals surface area contributed by atoms with E-state index in [4.69, 9.17) is 14.2 Å². The molecule has 0 radical (unpaired) electrons. The zero-order valence-corrected chi connectivity index (χ0v) is 20.9. The summed E-state index contributed by atoms with van der Waals surface area (Å²) in [5.74, 6) is 2.05. The molecule has 0 fully saturated rings. The predicted octanol–water partition coefficient (Wildman–Crippen LogP) is 5.23. The van der Waals surface area contributed by atoms with Gasteiger partial charge in [0, 0.05) is 57.7 Å². The smallest absolute Gasteiger partial charge is 0.219 e. The quantitative estimate of drug-likeness (QED) is 0.152. The molecule has 0 atom stereocenters. The molecule has 1 aromatic heterocycles. The Labute approximate surface area is 210 Å². The van der Waals surface area contributed by atoms with Gasteiger partial charge in [0.25, 0.3) is 0 Å². The summed E-state index contributed by atoms with van der Waals surface area (Å²) in [5.41, 5.74) is 1.82. The van der Waals surface area contributed by atoms with E-state index in [-0.39, 0.29) is 29.8 Å². The summed E-state index contributed by atoms with van der Waals surface area (Å²) >= 11 is 0. The van der Waals surface area contributed by atoms with Crippen molar-refractivity contribution in [3.63, 3.8) is 0 Å². The average Bonchev–Trinajstić information content (AvgIpc) is 2.82. The molecule has 7 nitrogen and oxygen atoms in total. The van der Waals surface area contributed by atoms with Crippen LogP contribution in [0, 0.1) is 5.82 Å². The highest BCUT2D eigenvalue weighted by Gasteiger charge is 2.04. The van der Waals surface area contributed by atoms with Gasteiger partial charge in [0.1, 0.15) is 17.3 Å². The maximum atomic E-state index is 13.0. The fourth-order valence-electron chi connectivity index (χ4n) is 2.76. The van der Waals surface area contributed by atoms with Gasteiger partial charge in [-0.05, 0) is 42.0 Å². The Morgan fingerprint density at radius 1 is 1.03 bits per heavy atom. The molecule has 176 valence electrons. The first kappa shape index (κ1) is 26.3. The van der Waals surface area contributed by atoms with E-state index >= 15 is 0 Å². The van der Waals surface area contributed by atoms with Gasteiger partial charge < -0.3 is 24.8 Å². The number of hydrogen-bond acceptors (Lipinski definition) is 5. The second kappa shape index (κ2) is 14.3. The lowest BCUT2D eigenvalue weighted by Gasteiger charge is -2.13. The standard InChI is InChI=1S/C24H27FN4O3.HI/c1-26-24(29-20-5-3-6-22(15-20)31-14-4-13-30-2)28-17-18-7-12-23(27-16-18)32-21-10-8-19(25)9-11-21;/h3,5-12,15-16H,4,13-14,17H2,1-2H3,(H2,26,28,29);1H. The number of aliphatic imine (C=N–C) groups is 1. The van der Waals surface area contributed by atoms with Crippen LogP contribution in [0.3, 0.4) is 0 Å². The van der Waals surface area contributed by atoms with Crippen molar-refractivity contribution in [2.24, 2.45) is 4.99 Å². The van der Waals surface area contributed by atoms with E-state index in [1.54, 1.807) is 38.6 Å². The minimum Gasteiger partial charge on any atom is -0.493 e. The lowest BCUT2D eigenvalue weighted by molar-refractivity contribution is 0.172. The van der Waals surface area contributed by atoms with E-state index in [0.717, 1.165) is 23.4 Å². The number of methoxy groups -OCH3 is 1. The second-order valence-electron chi connectivity index (χ2n) is 6.83. The molecule has 0 saturated heterocycles. The predicted molar refractivity (Wildman–Crippen MR) is 138 cm³/mol. The van der Waals surface area contributed by atoms with Gasteiger partial charge in [0.2, 0.25) is 5.88 Å². The van der Waals surface area contributed by atoms with Crippen LogP contribution in [-0.2, 0) is 11.3 Å². The van der Waals surface area contributed by atoms with E-state index in [0.29, 0.717) is 37.3 Å². The van der Waals surface area contributed by atoms with Crippen molar-refractivity contribution in [2.75, 3.05) is 32.7 Å². The number of ether oxygens (including phenoxy) is 3. The van der Waals surface area contributed by atoms with Crippen molar-refractivity contribution < 1.29 is 18.6 Å². The van der Waals surface area contributed by atoms with Crippen LogP contribution < -0.4 is 20.1 Å². The highest BCUT2D eigenvalue weighted by molar-refractivity contribution is 14.0. The largest absolute Gasteiger partial charge is 0.493 e. The maximum Gasteiger partial charge on any atom is 0.219 e. The number of halogens is 2. The molecule has 0 aliphatic heterocycles. The number of rotatable bonds is 10. The summed E-state index contributed by atoms with van der Waals surface area (Å²) < 4.78 is 29.4. The van der Waals surface area contributed by atoms with Gasteiger partial charge in [-0.2, -0.15) is 0 Å². The molecule has 1 heterocycles. The van der Waals surface area contributed by atoms with Crippen LogP contribution in [0.2, 0.25) is 0 Å². The second-order valence-corrected chi connectivity index (χ2v) is 6.83. The van der Waals surface area contributed by atoms with Crippen molar-refractivity contribution in [3.05, 3.63) is 78.2 Å². The van der Waals surface area contributed by atoms with Crippen LogP contribution in [-0.4, -0.2) is 38.3 Å². The molecule has 0 unspecified atom stereocenters. The lowest BCUT2D eigenvalue weighted by Crippen LogP contribution is -2.30. The van der Waals surface area contributed by atoms with E-state index in [2.05, 4.69) is 20.6 Å². The Balaban J connectivity index is 0.00000385. The molecule has 3 rings (SSSR count). The van der Waals surface area contributed by atoms with Crippen LogP contribution in [0.1, 0.15) is 12.0 Å². The molecule has 33 heavy (non-hydrogen) atoms. The van der Waals surface area contributed by atoms with Crippen molar-refractivity contribution in [1.82, 2.24) is 10.3 Å². The topological polar surface area (TPSA) is 77.0 Å². The van der Waals surface area contributed by atoms with Crippen molar-refractivity contribution >= 4 is 35.6 Å². The SMILES string of the molecule is CN=C(NCc1ccc(Oc2ccc(F)cc2)nc1)Nc1cccc(OCCCOC)c1.I. The molecule has 2 aromatic carbocycles. The molecule has 0 spiro atoms. The zero-order chi connectivity index (χ0) is 22.6. The Morgan fingerprint density at radius 2 is 1.85 bits per heavy atom. The minimum atomic E-state index is -0.310. The van der Waals surface area contributed by atoms with Crippen LogP contribution in [0.15, 0.2) is 71.9 Å². The number of anilines is 1. The number of benzene rings is 2. The van der Waals surface area contributed by atoms with Gasteiger partial charge in [-0.1, -0.05) is 12.1 Å². The molecule has 0 saturated carbocycles. The third-order valence-electron chi connectivity index (χ3n) is 4.38. The average molecular weight is 566 g/mol. The first-order chi connectivity index (χ1) is 15.7. The van der Waals surface area contributed by atoms with Crippen LogP contribution in [0.25, 0.3) is 0 Å². The normalized spacial score (nSPS) is 10.8. The fraction of sp³-hybridized carbons (Fsp3) is 0.250.